The first-order valence-corrected chi connectivity index (χ1v) is 7.18. The van der Waals surface area contributed by atoms with Crippen LogP contribution >= 0.6 is 0 Å². The molecule has 0 aromatic heterocycles. The Morgan fingerprint density at radius 3 is 2.29 bits per heavy atom. The maximum atomic E-state index is 12.3. The fourth-order valence-corrected chi connectivity index (χ4v) is 4.00. The molecule has 4 saturated heterocycles. The minimum absolute atomic E-state index is 0.102. The van der Waals surface area contributed by atoms with Crippen LogP contribution in [0.25, 0.3) is 0 Å². The smallest absolute Gasteiger partial charge is 0.249 e. The molecule has 114 valence electrons. The molecule has 5 aliphatic rings. The number of aliphatic hydroxyl groups is 1. The molecule has 0 aromatic carbocycles. The second-order valence-corrected chi connectivity index (χ2v) is 6.48. The van der Waals surface area contributed by atoms with Crippen molar-refractivity contribution in [2.24, 2.45) is 0 Å². The number of carbonyl (C=O) groups excluding carboxylic acids is 2. The highest BCUT2D eigenvalue weighted by Crippen LogP contribution is 2.28. The van der Waals surface area contributed by atoms with E-state index in [4.69, 9.17) is 0 Å². The van der Waals surface area contributed by atoms with Gasteiger partial charge in [-0.15, -0.1) is 0 Å². The standard InChI is InChI=1S/C13H19N5O3/c19-10(3-18-11(20)1-2-12(18)21)14-13-4-15-7-16(5-13)9-17(6-13)8-15/h1-2,11,20H,3-9H2,(H,14,19). The van der Waals surface area contributed by atoms with Gasteiger partial charge in [-0.05, 0) is 6.08 Å². The summed E-state index contributed by atoms with van der Waals surface area (Å²) < 4.78 is 0. The average Bonchev–Trinajstić information content (AvgIpc) is 2.68. The number of rotatable bonds is 3. The van der Waals surface area contributed by atoms with Crippen LogP contribution in [0.5, 0.6) is 0 Å². The summed E-state index contributed by atoms with van der Waals surface area (Å²) in [7, 11) is 0. The van der Waals surface area contributed by atoms with Crippen molar-refractivity contribution in [3.8, 4) is 0 Å². The Morgan fingerprint density at radius 2 is 1.81 bits per heavy atom. The van der Waals surface area contributed by atoms with Crippen molar-refractivity contribution >= 4 is 11.8 Å². The van der Waals surface area contributed by atoms with E-state index >= 15 is 0 Å². The van der Waals surface area contributed by atoms with E-state index in [1.54, 1.807) is 0 Å². The zero-order chi connectivity index (χ0) is 14.6. The van der Waals surface area contributed by atoms with Gasteiger partial charge in [-0.1, -0.05) is 0 Å². The van der Waals surface area contributed by atoms with E-state index in [1.165, 1.54) is 12.2 Å². The number of hydrogen-bond acceptors (Lipinski definition) is 6. The van der Waals surface area contributed by atoms with Gasteiger partial charge >= 0.3 is 0 Å². The lowest BCUT2D eigenvalue weighted by molar-refractivity contribution is -0.159. The van der Waals surface area contributed by atoms with Gasteiger partial charge in [-0.3, -0.25) is 24.3 Å². The van der Waals surface area contributed by atoms with Gasteiger partial charge in [0.15, 0.2) is 0 Å². The summed E-state index contributed by atoms with van der Waals surface area (Å²) in [4.78, 5) is 31.9. The lowest BCUT2D eigenvalue weighted by atomic mass is 9.91. The molecule has 0 aliphatic carbocycles. The summed E-state index contributed by atoms with van der Waals surface area (Å²) in [5.41, 5.74) is -0.257. The Balaban J connectivity index is 1.42. The zero-order valence-corrected chi connectivity index (χ0v) is 11.7. The molecule has 5 rings (SSSR count). The molecule has 8 heteroatoms. The van der Waals surface area contributed by atoms with Crippen LogP contribution in [0.2, 0.25) is 0 Å². The van der Waals surface area contributed by atoms with Gasteiger partial charge in [-0.2, -0.15) is 0 Å². The lowest BCUT2D eigenvalue weighted by Crippen LogP contribution is -2.80. The highest BCUT2D eigenvalue weighted by Gasteiger charge is 2.49. The average molecular weight is 293 g/mol. The van der Waals surface area contributed by atoms with E-state index in [2.05, 4.69) is 20.0 Å². The molecule has 0 spiro atoms. The normalized spacial score (nSPS) is 43.7. The molecule has 4 bridgehead atoms. The molecule has 0 radical (unpaired) electrons. The summed E-state index contributed by atoms with van der Waals surface area (Å²) in [6, 6.07) is 0. The summed E-state index contributed by atoms with van der Waals surface area (Å²) in [6.45, 7) is 5.32. The Kier molecular flexibility index (Phi) is 2.83. The molecule has 2 amide bonds. The molecule has 1 unspecified atom stereocenters. The fourth-order valence-electron chi connectivity index (χ4n) is 4.00. The Morgan fingerprint density at radius 1 is 1.24 bits per heavy atom. The number of aliphatic hydroxyl groups excluding tert-OH is 1. The topological polar surface area (TPSA) is 79.4 Å². The molecule has 0 aromatic rings. The number of amides is 2. The molecule has 21 heavy (non-hydrogen) atoms. The molecule has 5 heterocycles. The van der Waals surface area contributed by atoms with Crippen molar-refractivity contribution in [1.82, 2.24) is 24.9 Å². The highest BCUT2D eigenvalue weighted by atomic mass is 16.3. The van der Waals surface area contributed by atoms with Crippen molar-refractivity contribution < 1.29 is 14.7 Å². The van der Waals surface area contributed by atoms with Gasteiger partial charge in [0, 0.05) is 25.7 Å². The third kappa shape index (κ3) is 2.24. The van der Waals surface area contributed by atoms with Gasteiger partial charge in [0.05, 0.1) is 25.5 Å². The summed E-state index contributed by atoms with van der Waals surface area (Å²) >= 11 is 0. The molecule has 5 aliphatic heterocycles. The van der Waals surface area contributed by atoms with Gasteiger partial charge < -0.3 is 15.3 Å². The fraction of sp³-hybridized carbons (Fsp3) is 0.692. The lowest BCUT2D eigenvalue weighted by Gasteiger charge is -2.60. The van der Waals surface area contributed by atoms with Crippen LogP contribution in [-0.4, -0.2) is 94.5 Å². The molecule has 4 fully saturated rings. The first kappa shape index (κ1) is 13.2. The Labute approximate surface area is 122 Å². The van der Waals surface area contributed by atoms with Crippen molar-refractivity contribution in [2.75, 3.05) is 46.2 Å². The summed E-state index contributed by atoms with van der Waals surface area (Å²) in [6.07, 6.45) is 1.70. The predicted molar refractivity (Wildman–Crippen MR) is 72.5 cm³/mol. The van der Waals surface area contributed by atoms with Crippen LogP contribution in [0.15, 0.2) is 12.2 Å². The van der Waals surface area contributed by atoms with Gasteiger partial charge in [0.1, 0.15) is 12.8 Å². The molecule has 1 atom stereocenters. The van der Waals surface area contributed by atoms with Crippen molar-refractivity contribution in [3.63, 3.8) is 0 Å². The Bertz CT molecular complexity index is 485. The third-order valence-corrected chi connectivity index (χ3v) is 4.51. The predicted octanol–water partition coefficient (Wildman–Crippen LogP) is -2.62. The van der Waals surface area contributed by atoms with E-state index < -0.39 is 6.23 Å². The van der Waals surface area contributed by atoms with Crippen molar-refractivity contribution in [1.29, 1.82) is 0 Å². The van der Waals surface area contributed by atoms with Gasteiger partial charge in [0.2, 0.25) is 11.8 Å². The van der Waals surface area contributed by atoms with Crippen LogP contribution < -0.4 is 5.32 Å². The van der Waals surface area contributed by atoms with E-state index in [0.717, 1.165) is 44.5 Å². The zero-order valence-electron chi connectivity index (χ0n) is 11.7. The second-order valence-electron chi connectivity index (χ2n) is 6.48. The third-order valence-electron chi connectivity index (χ3n) is 4.51. The first-order chi connectivity index (χ1) is 10.0. The number of carbonyl (C=O) groups is 2. The molecule has 2 N–H and O–H groups in total. The number of hydrogen-bond donors (Lipinski definition) is 2. The Hall–Kier alpha value is -1.48. The second kappa shape index (κ2) is 4.51. The van der Waals surface area contributed by atoms with Crippen LogP contribution in [0, 0.1) is 0 Å². The van der Waals surface area contributed by atoms with Crippen LogP contribution in [-0.2, 0) is 9.59 Å². The number of nitrogens with one attached hydrogen (secondary N) is 1. The largest absolute Gasteiger partial charge is 0.370 e. The van der Waals surface area contributed by atoms with Gasteiger partial charge in [-0.25, -0.2) is 0 Å². The van der Waals surface area contributed by atoms with E-state index in [-0.39, 0.29) is 23.9 Å². The molecular weight excluding hydrogens is 274 g/mol. The van der Waals surface area contributed by atoms with E-state index in [0.29, 0.717) is 0 Å². The SMILES string of the molecule is O=C(CN1C(=O)C=CC1O)NC12CN3CN(CN(C3)C1)C2. The maximum absolute atomic E-state index is 12.3. The molecule has 8 nitrogen and oxygen atoms in total. The van der Waals surface area contributed by atoms with E-state index in [9.17, 15) is 14.7 Å². The summed E-state index contributed by atoms with van der Waals surface area (Å²) in [5, 5.41) is 12.7. The highest BCUT2D eigenvalue weighted by molar-refractivity contribution is 5.93. The molecular formula is C13H19N5O3. The van der Waals surface area contributed by atoms with Crippen LogP contribution in [0.3, 0.4) is 0 Å². The summed E-state index contributed by atoms with van der Waals surface area (Å²) in [5.74, 6) is -0.531. The maximum Gasteiger partial charge on any atom is 0.249 e. The van der Waals surface area contributed by atoms with E-state index in [1.807, 2.05) is 0 Å². The quantitative estimate of drug-likeness (QED) is 0.593. The number of nitrogens with zero attached hydrogens (tertiary/aromatic N) is 4. The minimum Gasteiger partial charge on any atom is -0.370 e. The minimum atomic E-state index is -0.990. The van der Waals surface area contributed by atoms with Crippen molar-refractivity contribution in [3.05, 3.63) is 12.2 Å². The molecule has 0 saturated carbocycles. The van der Waals surface area contributed by atoms with Crippen molar-refractivity contribution in [2.45, 2.75) is 11.8 Å². The van der Waals surface area contributed by atoms with Crippen LogP contribution in [0.1, 0.15) is 0 Å². The first-order valence-electron chi connectivity index (χ1n) is 7.18. The van der Waals surface area contributed by atoms with Gasteiger partial charge in [0.25, 0.3) is 0 Å². The van der Waals surface area contributed by atoms with Crippen LogP contribution in [0.4, 0.5) is 0 Å². The monoisotopic (exact) mass is 293 g/mol.